The zero-order valence-electron chi connectivity index (χ0n) is 9.14. The molecular formula is C12H10FNO3. The number of carbonyl (C=O) groups is 2. The molecule has 0 spiro atoms. The van der Waals surface area contributed by atoms with Crippen molar-refractivity contribution in [2.45, 2.75) is 6.92 Å². The van der Waals surface area contributed by atoms with Crippen LogP contribution in [0.3, 0.4) is 0 Å². The summed E-state index contributed by atoms with van der Waals surface area (Å²) in [6.45, 7) is 1.67. The lowest BCUT2D eigenvalue weighted by atomic mass is 9.99. The van der Waals surface area contributed by atoms with Crippen LogP contribution in [-0.4, -0.2) is 18.4 Å². The van der Waals surface area contributed by atoms with E-state index in [1.54, 1.807) is 13.0 Å². The van der Waals surface area contributed by atoms with Crippen LogP contribution in [0.25, 0.3) is 0 Å². The molecule has 1 atom stereocenters. The van der Waals surface area contributed by atoms with E-state index < -0.39 is 23.5 Å². The maximum atomic E-state index is 12.6. The van der Waals surface area contributed by atoms with Crippen LogP contribution in [0.1, 0.15) is 17.3 Å². The van der Waals surface area contributed by atoms with E-state index >= 15 is 0 Å². The Labute approximate surface area is 97.6 Å². The molecule has 0 aromatic heterocycles. The predicted molar refractivity (Wildman–Crippen MR) is 56.5 cm³/mol. The van der Waals surface area contributed by atoms with Gasteiger partial charge in [0.1, 0.15) is 5.82 Å². The van der Waals surface area contributed by atoms with Crippen LogP contribution in [0.15, 0.2) is 24.3 Å². The van der Waals surface area contributed by atoms with Gasteiger partial charge in [0.2, 0.25) is 5.92 Å². The first-order valence-corrected chi connectivity index (χ1v) is 4.96. The fourth-order valence-electron chi connectivity index (χ4n) is 1.22. The summed E-state index contributed by atoms with van der Waals surface area (Å²) in [5.41, 5.74) is 0.103. The average Bonchev–Trinajstić information content (AvgIpc) is 2.31. The summed E-state index contributed by atoms with van der Waals surface area (Å²) in [7, 11) is 0. The highest BCUT2D eigenvalue weighted by Crippen LogP contribution is 2.11. The van der Waals surface area contributed by atoms with Gasteiger partial charge in [-0.2, -0.15) is 5.26 Å². The van der Waals surface area contributed by atoms with Gasteiger partial charge in [-0.3, -0.25) is 9.59 Å². The normalized spacial score (nSPS) is 11.4. The number of nitrogens with zero attached hydrogens (tertiary/aromatic N) is 1. The van der Waals surface area contributed by atoms with Crippen molar-refractivity contribution in [2.24, 2.45) is 5.92 Å². The molecule has 0 fully saturated rings. The first-order chi connectivity index (χ1) is 8.10. The van der Waals surface area contributed by atoms with Crippen LogP contribution < -0.4 is 0 Å². The van der Waals surface area contributed by atoms with Gasteiger partial charge in [0.25, 0.3) is 0 Å². The Morgan fingerprint density at radius 2 is 2.00 bits per heavy atom. The third kappa shape index (κ3) is 3.11. The smallest absolute Gasteiger partial charge is 0.331 e. The van der Waals surface area contributed by atoms with E-state index in [2.05, 4.69) is 4.74 Å². The molecule has 0 N–H and O–H groups in total. The Morgan fingerprint density at radius 3 is 2.47 bits per heavy atom. The van der Waals surface area contributed by atoms with Gasteiger partial charge in [-0.15, -0.1) is 0 Å². The fourth-order valence-corrected chi connectivity index (χ4v) is 1.22. The van der Waals surface area contributed by atoms with Gasteiger partial charge in [0.05, 0.1) is 12.7 Å². The van der Waals surface area contributed by atoms with Crippen molar-refractivity contribution in [1.29, 1.82) is 5.26 Å². The molecule has 0 amide bonds. The Balaban J connectivity index is 2.91. The van der Waals surface area contributed by atoms with Gasteiger partial charge >= 0.3 is 5.97 Å². The van der Waals surface area contributed by atoms with E-state index in [9.17, 15) is 14.0 Å². The highest BCUT2D eigenvalue weighted by molar-refractivity contribution is 6.10. The Kier molecular flexibility index (Phi) is 4.35. The summed E-state index contributed by atoms with van der Waals surface area (Å²) in [5.74, 6) is -3.57. The molecule has 0 aliphatic carbocycles. The minimum absolute atomic E-state index is 0.0910. The van der Waals surface area contributed by atoms with Crippen molar-refractivity contribution in [3.63, 3.8) is 0 Å². The van der Waals surface area contributed by atoms with Crippen LogP contribution in [-0.2, 0) is 9.53 Å². The summed E-state index contributed by atoms with van der Waals surface area (Å²) in [5, 5.41) is 8.76. The first kappa shape index (κ1) is 12.8. The molecule has 0 saturated heterocycles. The molecule has 88 valence electrons. The highest BCUT2D eigenvalue weighted by Gasteiger charge is 2.28. The molecule has 5 heteroatoms. The second-order valence-corrected chi connectivity index (χ2v) is 3.19. The maximum Gasteiger partial charge on any atom is 0.331 e. The summed E-state index contributed by atoms with van der Waals surface area (Å²) >= 11 is 0. The van der Waals surface area contributed by atoms with E-state index in [1.807, 2.05) is 0 Å². The number of nitriles is 1. The summed E-state index contributed by atoms with van der Waals surface area (Å²) < 4.78 is 17.2. The summed E-state index contributed by atoms with van der Waals surface area (Å²) in [6, 6.07) is 6.21. The molecule has 1 rings (SSSR count). The zero-order chi connectivity index (χ0) is 12.8. The Bertz CT molecular complexity index is 462. The van der Waals surface area contributed by atoms with E-state index in [-0.39, 0.29) is 12.2 Å². The highest BCUT2D eigenvalue weighted by atomic mass is 19.1. The third-order valence-electron chi connectivity index (χ3n) is 2.04. The lowest BCUT2D eigenvalue weighted by Gasteiger charge is -2.07. The molecule has 1 aromatic rings. The largest absolute Gasteiger partial charge is 0.465 e. The molecular weight excluding hydrogens is 225 g/mol. The molecule has 17 heavy (non-hydrogen) atoms. The van der Waals surface area contributed by atoms with Crippen LogP contribution in [0.4, 0.5) is 4.39 Å². The summed E-state index contributed by atoms with van der Waals surface area (Å²) in [4.78, 5) is 23.1. The van der Waals surface area contributed by atoms with Crippen molar-refractivity contribution in [3.8, 4) is 6.07 Å². The standard InChI is InChI=1S/C12H10FNO3/c1-2-17-12(16)10(7-14)11(15)8-3-5-9(13)6-4-8/h3-6,10H,2H2,1H3/t10-/m1/s1. The third-order valence-corrected chi connectivity index (χ3v) is 2.04. The number of halogens is 1. The number of esters is 1. The Hall–Kier alpha value is -2.22. The van der Waals surface area contributed by atoms with Gasteiger partial charge < -0.3 is 4.74 Å². The second-order valence-electron chi connectivity index (χ2n) is 3.19. The van der Waals surface area contributed by atoms with Crippen molar-refractivity contribution in [2.75, 3.05) is 6.61 Å². The van der Waals surface area contributed by atoms with Crippen LogP contribution in [0, 0.1) is 23.1 Å². The van der Waals surface area contributed by atoms with Gasteiger partial charge in [-0.1, -0.05) is 0 Å². The molecule has 1 aromatic carbocycles. The number of ketones is 1. The number of hydrogen-bond donors (Lipinski definition) is 0. The van der Waals surface area contributed by atoms with Gasteiger partial charge in [-0.05, 0) is 31.2 Å². The second kappa shape index (κ2) is 5.75. The van der Waals surface area contributed by atoms with Crippen molar-refractivity contribution < 1.29 is 18.7 Å². The van der Waals surface area contributed by atoms with Crippen LogP contribution in [0.5, 0.6) is 0 Å². The predicted octanol–water partition coefficient (Wildman–Crippen LogP) is 1.71. The lowest BCUT2D eigenvalue weighted by Crippen LogP contribution is -2.24. The monoisotopic (exact) mass is 235 g/mol. The lowest BCUT2D eigenvalue weighted by molar-refractivity contribution is -0.144. The van der Waals surface area contributed by atoms with Gasteiger partial charge in [0.15, 0.2) is 5.78 Å². The quantitative estimate of drug-likeness (QED) is 0.452. The van der Waals surface area contributed by atoms with Crippen LogP contribution >= 0.6 is 0 Å². The zero-order valence-corrected chi connectivity index (χ0v) is 9.14. The average molecular weight is 235 g/mol. The van der Waals surface area contributed by atoms with E-state index in [0.29, 0.717) is 0 Å². The summed E-state index contributed by atoms with van der Waals surface area (Å²) in [6.07, 6.45) is 0. The number of ether oxygens (including phenoxy) is 1. The van der Waals surface area contributed by atoms with Crippen LogP contribution in [0.2, 0.25) is 0 Å². The van der Waals surface area contributed by atoms with Crippen molar-refractivity contribution in [1.82, 2.24) is 0 Å². The topological polar surface area (TPSA) is 67.2 Å². The molecule has 0 aliphatic heterocycles. The first-order valence-electron chi connectivity index (χ1n) is 4.96. The minimum Gasteiger partial charge on any atom is -0.465 e. The molecule has 0 aliphatic rings. The number of carbonyl (C=O) groups excluding carboxylic acids is 2. The molecule has 0 saturated carbocycles. The Morgan fingerprint density at radius 1 is 1.41 bits per heavy atom. The minimum atomic E-state index is -1.50. The number of Topliss-reactive ketones (excluding diaryl/α,β-unsaturated/α-hetero) is 1. The molecule has 0 unspecified atom stereocenters. The number of benzene rings is 1. The number of rotatable bonds is 4. The SMILES string of the molecule is CCOC(=O)[C@H](C#N)C(=O)c1ccc(F)cc1. The number of hydrogen-bond acceptors (Lipinski definition) is 4. The van der Waals surface area contributed by atoms with E-state index in [0.717, 1.165) is 12.1 Å². The maximum absolute atomic E-state index is 12.6. The van der Waals surface area contributed by atoms with Gasteiger partial charge in [-0.25, -0.2) is 4.39 Å². The van der Waals surface area contributed by atoms with Gasteiger partial charge in [0, 0.05) is 5.56 Å². The van der Waals surface area contributed by atoms with Crippen molar-refractivity contribution >= 4 is 11.8 Å². The van der Waals surface area contributed by atoms with Crippen molar-refractivity contribution in [3.05, 3.63) is 35.6 Å². The molecule has 0 radical (unpaired) electrons. The molecule has 0 bridgehead atoms. The fraction of sp³-hybridized carbons (Fsp3) is 0.250. The van der Waals surface area contributed by atoms with E-state index in [1.165, 1.54) is 12.1 Å². The van der Waals surface area contributed by atoms with E-state index in [4.69, 9.17) is 5.26 Å². The molecule has 4 nitrogen and oxygen atoms in total. The molecule has 0 heterocycles.